The van der Waals surface area contributed by atoms with Crippen molar-refractivity contribution in [2.75, 3.05) is 14.2 Å². The Morgan fingerprint density at radius 2 is 1.69 bits per heavy atom. The zero-order chi connectivity index (χ0) is 27.6. The summed E-state index contributed by atoms with van der Waals surface area (Å²) in [6.07, 6.45) is 2.87. The number of methoxy groups -OCH3 is 2. The van der Waals surface area contributed by atoms with Gasteiger partial charge in [0, 0.05) is 40.5 Å². The summed E-state index contributed by atoms with van der Waals surface area (Å²) >= 11 is 0. The van der Waals surface area contributed by atoms with E-state index in [4.69, 9.17) is 13.9 Å². The van der Waals surface area contributed by atoms with Crippen molar-refractivity contribution in [1.82, 2.24) is 0 Å². The SMILES string of the molecule is COc1cc(O)ccc1[C@@H]1c2c(c(OC)c(O)c3oc(=O)ccc23)[C@@H]2C=C(C)C[C@@H](c3ccc(O)c(O)c3)[C@H]12. The van der Waals surface area contributed by atoms with Crippen LogP contribution in [0.1, 0.15) is 53.4 Å². The third-order valence-electron chi connectivity index (χ3n) is 8.19. The summed E-state index contributed by atoms with van der Waals surface area (Å²) in [5.74, 6) is -0.656. The first-order valence-corrected chi connectivity index (χ1v) is 12.7. The molecule has 8 heteroatoms. The predicted molar refractivity (Wildman–Crippen MR) is 144 cm³/mol. The van der Waals surface area contributed by atoms with Crippen molar-refractivity contribution in [3.8, 4) is 34.5 Å². The van der Waals surface area contributed by atoms with Crippen molar-refractivity contribution in [1.29, 1.82) is 0 Å². The van der Waals surface area contributed by atoms with Gasteiger partial charge in [0.1, 0.15) is 11.5 Å². The van der Waals surface area contributed by atoms with Gasteiger partial charge in [-0.05, 0) is 60.6 Å². The van der Waals surface area contributed by atoms with E-state index in [0.717, 1.165) is 27.8 Å². The van der Waals surface area contributed by atoms with E-state index in [0.29, 0.717) is 17.6 Å². The van der Waals surface area contributed by atoms with Crippen LogP contribution in [0.5, 0.6) is 34.5 Å². The summed E-state index contributed by atoms with van der Waals surface area (Å²) in [6, 6.07) is 12.9. The van der Waals surface area contributed by atoms with Crippen LogP contribution in [-0.4, -0.2) is 34.6 Å². The number of allylic oxidation sites excluding steroid dienone is 2. The van der Waals surface area contributed by atoms with Crippen LogP contribution in [0.4, 0.5) is 0 Å². The van der Waals surface area contributed by atoms with Crippen LogP contribution in [0.15, 0.2) is 69.4 Å². The third-order valence-corrected chi connectivity index (χ3v) is 8.19. The zero-order valence-electron chi connectivity index (χ0n) is 21.6. The van der Waals surface area contributed by atoms with Crippen LogP contribution in [0.25, 0.3) is 11.0 Å². The van der Waals surface area contributed by atoms with Crippen LogP contribution in [0, 0.1) is 5.92 Å². The highest BCUT2D eigenvalue weighted by Crippen LogP contribution is 2.65. The maximum atomic E-state index is 12.2. The zero-order valence-corrected chi connectivity index (χ0v) is 21.6. The number of fused-ring (bicyclic) bond motifs is 5. The summed E-state index contributed by atoms with van der Waals surface area (Å²) in [4.78, 5) is 12.2. The number of phenolic OH excluding ortho intramolecular Hbond substituents is 4. The average molecular weight is 529 g/mol. The smallest absolute Gasteiger partial charge is 0.336 e. The van der Waals surface area contributed by atoms with Crippen LogP contribution >= 0.6 is 0 Å². The van der Waals surface area contributed by atoms with E-state index < -0.39 is 5.63 Å². The summed E-state index contributed by atoms with van der Waals surface area (Å²) in [7, 11) is 3.02. The van der Waals surface area contributed by atoms with Gasteiger partial charge in [0.2, 0.25) is 5.75 Å². The minimum absolute atomic E-state index is 0.0408. The van der Waals surface area contributed by atoms with Crippen LogP contribution < -0.4 is 15.1 Å². The van der Waals surface area contributed by atoms with E-state index >= 15 is 0 Å². The molecule has 0 spiro atoms. The van der Waals surface area contributed by atoms with E-state index in [2.05, 4.69) is 6.08 Å². The summed E-state index contributed by atoms with van der Waals surface area (Å²) in [5.41, 5.74) is 3.85. The molecule has 0 fully saturated rings. The highest BCUT2D eigenvalue weighted by Gasteiger charge is 2.51. The second kappa shape index (κ2) is 9.01. The molecule has 4 N–H and O–H groups in total. The Morgan fingerprint density at radius 1 is 0.897 bits per heavy atom. The molecule has 0 unspecified atom stereocenters. The molecular formula is C31H28O8. The number of hydrogen-bond donors (Lipinski definition) is 4. The molecule has 0 aliphatic heterocycles. The standard InChI is InChI=1S/C31H28O8/c1-14-10-19(15-4-8-21(33)22(34)12-15)25-20(11-14)28-27(26(25)17-6-5-16(32)13-23(17)37-2)18-7-9-24(35)39-30(18)29(36)31(28)38-3/h4-9,11-13,19-20,25-26,32-34,36H,10H2,1-3H3/t19-,20+,25-,26-/m0/s1. The van der Waals surface area contributed by atoms with Crippen molar-refractivity contribution in [2.24, 2.45) is 5.92 Å². The van der Waals surface area contributed by atoms with Crippen molar-refractivity contribution >= 4 is 11.0 Å². The Labute approximate surface area is 224 Å². The molecule has 2 aliphatic rings. The summed E-state index contributed by atoms with van der Waals surface area (Å²) < 4.78 is 17.0. The molecule has 200 valence electrons. The first-order valence-electron chi connectivity index (χ1n) is 12.7. The molecule has 3 aromatic carbocycles. The fourth-order valence-corrected chi connectivity index (χ4v) is 6.73. The Hall–Kier alpha value is -4.59. The number of benzene rings is 3. The highest BCUT2D eigenvalue weighted by molar-refractivity contribution is 5.92. The van der Waals surface area contributed by atoms with Crippen LogP contribution in [0.2, 0.25) is 0 Å². The molecule has 0 amide bonds. The average Bonchev–Trinajstić information content (AvgIpc) is 3.24. The lowest BCUT2D eigenvalue weighted by molar-refractivity contribution is 0.334. The molecule has 0 saturated carbocycles. The van der Waals surface area contributed by atoms with E-state index in [9.17, 15) is 25.2 Å². The molecule has 2 aliphatic carbocycles. The molecular weight excluding hydrogens is 500 g/mol. The molecule has 0 radical (unpaired) electrons. The monoisotopic (exact) mass is 528 g/mol. The maximum Gasteiger partial charge on any atom is 0.336 e. The molecule has 0 saturated heterocycles. The van der Waals surface area contributed by atoms with Gasteiger partial charge in [0.05, 0.1) is 14.2 Å². The van der Waals surface area contributed by atoms with Crippen molar-refractivity contribution in [2.45, 2.75) is 31.1 Å². The van der Waals surface area contributed by atoms with Crippen molar-refractivity contribution in [3.63, 3.8) is 0 Å². The van der Waals surface area contributed by atoms with Gasteiger partial charge in [-0.25, -0.2) is 4.79 Å². The number of hydrogen-bond acceptors (Lipinski definition) is 8. The quantitative estimate of drug-likeness (QED) is 0.153. The minimum Gasteiger partial charge on any atom is -0.508 e. The summed E-state index contributed by atoms with van der Waals surface area (Å²) in [6.45, 7) is 2.05. The van der Waals surface area contributed by atoms with E-state index in [1.54, 1.807) is 31.4 Å². The normalized spacial score (nSPS) is 21.8. The van der Waals surface area contributed by atoms with Gasteiger partial charge in [0.15, 0.2) is 22.8 Å². The van der Waals surface area contributed by atoms with Gasteiger partial charge < -0.3 is 34.3 Å². The van der Waals surface area contributed by atoms with E-state index in [1.165, 1.54) is 19.2 Å². The Balaban J connectivity index is 1.73. The number of phenols is 4. The van der Waals surface area contributed by atoms with Crippen molar-refractivity contribution in [3.05, 3.63) is 92.9 Å². The Kier molecular flexibility index (Phi) is 5.71. The third kappa shape index (κ3) is 3.70. The number of ether oxygens (including phenoxy) is 2. The molecule has 8 nitrogen and oxygen atoms in total. The molecule has 4 aromatic rings. The van der Waals surface area contributed by atoms with Gasteiger partial charge in [-0.15, -0.1) is 0 Å². The molecule has 4 atom stereocenters. The lowest BCUT2D eigenvalue weighted by Crippen LogP contribution is -2.25. The van der Waals surface area contributed by atoms with Crippen molar-refractivity contribution < 1.29 is 34.3 Å². The number of rotatable bonds is 4. The molecule has 6 rings (SSSR count). The van der Waals surface area contributed by atoms with Crippen LogP contribution in [0.3, 0.4) is 0 Å². The second-order valence-electron chi connectivity index (χ2n) is 10.3. The number of aromatic hydroxyl groups is 4. The topological polar surface area (TPSA) is 130 Å². The minimum atomic E-state index is -0.595. The Morgan fingerprint density at radius 3 is 2.41 bits per heavy atom. The Bertz CT molecular complexity index is 1720. The van der Waals surface area contributed by atoms with Gasteiger partial charge in [-0.2, -0.15) is 0 Å². The van der Waals surface area contributed by atoms with Crippen LogP contribution in [-0.2, 0) is 0 Å². The maximum absolute atomic E-state index is 12.2. The van der Waals surface area contributed by atoms with Gasteiger partial charge in [-0.3, -0.25) is 0 Å². The second-order valence-corrected chi connectivity index (χ2v) is 10.3. The molecule has 1 aromatic heterocycles. The molecule has 0 bridgehead atoms. The fraction of sp³-hybridized carbons (Fsp3) is 0.258. The summed E-state index contributed by atoms with van der Waals surface area (Å²) in [5, 5.41) is 42.4. The van der Waals surface area contributed by atoms with E-state index in [1.807, 2.05) is 19.1 Å². The highest BCUT2D eigenvalue weighted by atomic mass is 16.5. The van der Waals surface area contributed by atoms with Gasteiger partial charge >= 0.3 is 5.63 Å². The lowest BCUT2D eigenvalue weighted by atomic mass is 9.66. The first-order chi connectivity index (χ1) is 18.7. The predicted octanol–water partition coefficient (Wildman–Crippen LogP) is 5.61. The molecule has 39 heavy (non-hydrogen) atoms. The fourth-order valence-electron chi connectivity index (χ4n) is 6.73. The molecule has 1 heterocycles. The van der Waals surface area contributed by atoms with Gasteiger partial charge in [0.25, 0.3) is 0 Å². The first kappa shape index (κ1) is 24.7. The van der Waals surface area contributed by atoms with E-state index in [-0.39, 0.29) is 58.0 Å². The largest absolute Gasteiger partial charge is 0.508 e. The van der Waals surface area contributed by atoms with Gasteiger partial charge in [-0.1, -0.05) is 23.8 Å². The lowest BCUT2D eigenvalue weighted by Gasteiger charge is -2.37.